The van der Waals surface area contributed by atoms with Crippen LogP contribution in [0.2, 0.25) is 15.1 Å². The third-order valence-corrected chi connectivity index (χ3v) is 7.07. The van der Waals surface area contributed by atoms with Crippen LogP contribution in [0.1, 0.15) is 18.4 Å². The number of aromatic nitrogens is 2. The molecule has 4 aromatic rings. The van der Waals surface area contributed by atoms with Crippen molar-refractivity contribution in [2.45, 2.75) is 25.4 Å². The Hall–Kier alpha value is -2.48. The van der Waals surface area contributed by atoms with Crippen LogP contribution in [0.4, 0.5) is 4.39 Å². The van der Waals surface area contributed by atoms with Gasteiger partial charge in [-0.15, -0.1) is 0 Å². The monoisotopic (exact) mass is 530 g/mol. The quantitative estimate of drug-likeness (QED) is 0.332. The number of fused-ring (bicyclic) bond motifs is 1. The van der Waals surface area contributed by atoms with Crippen molar-refractivity contribution in [3.05, 3.63) is 91.4 Å². The molecule has 0 atom stereocenters. The standard InChI is InChI=1S/C26H22Cl3FN4O/c27-16-2-4-19-24(12-16)33-25(34(26(19)35)18-3-6-22(29)23(30)13-18)20-11-15(1-5-21(20)28)14-32-17-7-9-31-10-8-17/h1-6,11-13,17,31-32H,7-10,14H2. The number of benzene rings is 3. The van der Waals surface area contributed by atoms with Gasteiger partial charge in [0.2, 0.25) is 0 Å². The molecule has 1 saturated heterocycles. The lowest BCUT2D eigenvalue weighted by atomic mass is 10.1. The van der Waals surface area contributed by atoms with E-state index in [-0.39, 0.29) is 10.6 Å². The van der Waals surface area contributed by atoms with Crippen molar-refractivity contribution in [2.75, 3.05) is 13.1 Å². The first kappa shape index (κ1) is 24.2. The summed E-state index contributed by atoms with van der Waals surface area (Å²) < 4.78 is 15.8. The van der Waals surface area contributed by atoms with E-state index in [2.05, 4.69) is 10.6 Å². The first-order valence-electron chi connectivity index (χ1n) is 11.3. The average Bonchev–Trinajstić information content (AvgIpc) is 2.86. The van der Waals surface area contributed by atoms with Gasteiger partial charge in [-0.2, -0.15) is 0 Å². The van der Waals surface area contributed by atoms with Crippen molar-refractivity contribution in [2.24, 2.45) is 0 Å². The number of rotatable bonds is 5. The van der Waals surface area contributed by atoms with E-state index in [0.29, 0.717) is 50.6 Å². The number of nitrogens with zero attached hydrogens (tertiary/aromatic N) is 2. The summed E-state index contributed by atoms with van der Waals surface area (Å²) in [6, 6.07) is 15.2. The average molecular weight is 532 g/mol. The lowest BCUT2D eigenvalue weighted by Gasteiger charge is -2.24. The largest absolute Gasteiger partial charge is 0.317 e. The smallest absolute Gasteiger partial charge is 0.266 e. The summed E-state index contributed by atoms with van der Waals surface area (Å²) in [5, 5.41) is 8.15. The molecule has 0 bridgehead atoms. The predicted molar refractivity (Wildman–Crippen MR) is 140 cm³/mol. The van der Waals surface area contributed by atoms with Gasteiger partial charge < -0.3 is 10.6 Å². The van der Waals surface area contributed by atoms with Crippen molar-refractivity contribution in [1.82, 2.24) is 20.2 Å². The Morgan fingerprint density at radius 2 is 1.77 bits per heavy atom. The van der Waals surface area contributed by atoms with Gasteiger partial charge in [-0.1, -0.05) is 40.9 Å². The van der Waals surface area contributed by atoms with Crippen molar-refractivity contribution < 1.29 is 4.39 Å². The lowest BCUT2D eigenvalue weighted by Crippen LogP contribution is -2.39. The van der Waals surface area contributed by atoms with Crippen LogP contribution in [0, 0.1) is 5.82 Å². The van der Waals surface area contributed by atoms with E-state index in [4.69, 9.17) is 39.8 Å². The van der Waals surface area contributed by atoms with E-state index in [0.717, 1.165) is 31.5 Å². The van der Waals surface area contributed by atoms with Crippen LogP contribution >= 0.6 is 34.8 Å². The second kappa shape index (κ2) is 10.2. The van der Waals surface area contributed by atoms with Gasteiger partial charge >= 0.3 is 0 Å². The molecule has 1 aliphatic rings. The molecule has 5 rings (SSSR count). The lowest BCUT2D eigenvalue weighted by molar-refractivity contribution is 0.386. The molecular weight excluding hydrogens is 510 g/mol. The fraction of sp³-hybridized carbons (Fsp3) is 0.231. The summed E-state index contributed by atoms with van der Waals surface area (Å²) in [4.78, 5) is 18.4. The second-order valence-electron chi connectivity index (χ2n) is 8.56. The zero-order chi connectivity index (χ0) is 24.5. The highest BCUT2D eigenvalue weighted by atomic mass is 35.5. The zero-order valence-corrected chi connectivity index (χ0v) is 20.9. The SMILES string of the molecule is O=c1c2ccc(Cl)cc2nc(-c2cc(CNC3CCNCC3)ccc2Cl)n1-c1ccc(Cl)c(F)c1. The van der Waals surface area contributed by atoms with Crippen molar-refractivity contribution >= 4 is 45.7 Å². The Kier molecular flexibility index (Phi) is 7.09. The third-order valence-electron chi connectivity index (χ3n) is 6.20. The minimum atomic E-state index is -0.635. The van der Waals surface area contributed by atoms with Gasteiger partial charge in [0.15, 0.2) is 0 Å². The number of piperidine rings is 1. The van der Waals surface area contributed by atoms with Gasteiger partial charge in [0.25, 0.3) is 5.56 Å². The van der Waals surface area contributed by atoms with Gasteiger partial charge in [0.1, 0.15) is 11.6 Å². The van der Waals surface area contributed by atoms with Crippen LogP contribution in [-0.2, 0) is 6.54 Å². The topological polar surface area (TPSA) is 59.0 Å². The molecule has 0 spiro atoms. The molecule has 0 unspecified atom stereocenters. The zero-order valence-electron chi connectivity index (χ0n) is 18.6. The molecule has 5 nitrogen and oxygen atoms in total. The third kappa shape index (κ3) is 5.08. The summed E-state index contributed by atoms with van der Waals surface area (Å²) in [6.07, 6.45) is 2.13. The highest BCUT2D eigenvalue weighted by Gasteiger charge is 2.19. The molecule has 3 aromatic carbocycles. The number of nitrogens with one attached hydrogen (secondary N) is 2. The van der Waals surface area contributed by atoms with Gasteiger partial charge in [-0.05, 0) is 80.0 Å². The molecule has 0 saturated carbocycles. The van der Waals surface area contributed by atoms with E-state index in [1.165, 1.54) is 16.7 Å². The van der Waals surface area contributed by atoms with E-state index < -0.39 is 5.82 Å². The van der Waals surface area contributed by atoms with Crippen LogP contribution in [0.15, 0.2) is 59.4 Å². The molecule has 1 aromatic heterocycles. The highest BCUT2D eigenvalue weighted by Crippen LogP contribution is 2.31. The molecule has 35 heavy (non-hydrogen) atoms. The van der Waals surface area contributed by atoms with Gasteiger partial charge in [0, 0.05) is 23.2 Å². The van der Waals surface area contributed by atoms with Crippen molar-refractivity contribution in [3.63, 3.8) is 0 Å². The summed E-state index contributed by atoms with van der Waals surface area (Å²) in [5.74, 6) is -0.343. The van der Waals surface area contributed by atoms with Crippen LogP contribution in [0.5, 0.6) is 0 Å². The predicted octanol–water partition coefficient (Wildman–Crippen LogP) is 5.99. The van der Waals surface area contributed by atoms with E-state index in [1.54, 1.807) is 30.3 Å². The first-order chi connectivity index (χ1) is 16.9. The van der Waals surface area contributed by atoms with Crippen LogP contribution < -0.4 is 16.2 Å². The summed E-state index contributed by atoms with van der Waals surface area (Å²) in [7, 11) is 0. The highest BCUT2D eigenvalue weighted by molar-refractivity contribution is 6.33. The van der Waals surface area contributed by atoms with E-state index in [1.807, 2.05) is 12.1 Å². The first-order valence-corrected chi connectivity index (χ1v) is 12.4. The maximum Gasteiger partial charge on any atom is 0.266 e. The minimum absolute atomic E-state index is 0.0344. The maximum atomic E-state index is 14.4. The van der Waals surface area contributed by atoms with Gasteiger partial charge in [-0.25, -0.2) is 9.37 Å². The van der Waals surface area contributed by atoms with Gasteiger partial charge in [-0.3, -0.25) is 9.36 Å². The maximum absolute atomic E-state index is 14.4. The molecule has 2 heterocycles. The second-order valence-corrected chi connectivity index (χ2v) is 9.81. The minimum Gasteiger partial charge on any atom is -0.317 e. The Balaban J connectivity index is 1.66. The normalized spacial score (nSPS) is 14.5. The van der Waals surface area contributed by atoms with Crippen LogP contribution in [0.25, 0.3) is 28.0 Å². The number of hydrogen-bond acceptors (Lipinski definition) is 4. The fourth-order valence-corrected chi connectivity index (χ4v) is 4.83. The molecule has 0 aliphatic carbocycles. The molecule has 0 radical (unpaired) electrons. The Bertz CT molecular complexity index is 1470. The Morgan fingerprint density at radius 3 is 2.54 bits per heavy atom. The molecule has 2 N–H and O–H groups in total. The summed E-state index contributed by atoms with van der Waals surface area (Å²) in [6.45, 7) is 2.64. The number of halogens is 4. The van der Waals surface area contributed by atoms with Crippen LogP contribution in [0.3, 0.4) is 0 Å². The Labute approximate surface area is 216 Å². The van der Waals surface area contributed by atoms with Crippen LogP contribution in [-0.4, -0.2) is 28.7 Å². The summed E-state index contributed by atoms with van der Waals surface area (Å²) >= 11 is 18.7. The summed E-state index contributed by atoms with van der Waals surface area (Å²) in [5.41, 5.74) is 1.92. The molecule has 1 aliphatic heterocycles. The molecular formula is C26H22Cl3FN4O. The van der Waals surface area contributed by atoms with Crippen molar-refractivity contribution in [1.29, 1.82) is 0 Å². The Morgan fingerprint density at radius 1 is 1.00 bits per heavy atom. The van der Waals surface area contributed by atoms with Crippen molar-refractivity contribution in [3.8, 4) is 17.1 Å². The van der Waals surface area contributed by atoms with Gasteiger partial charge in [0.05, 0.1) is 26.6 Å². The fourth-order valence-electron chi connectivity index (χ4n) is 4.35. The molecule has 0 amide bonds. The van der Waals surface area contributed by atoms with E-state index in [9.17, 15) is 9.18 Å². The molecule has 9 heteroatoms. The van der Waals surface area contributed by atoms with E-state index >= 15 is 0 Å². The number of hydrogen-bond donors (Lipinski definition) is 2. The molecule has 180 valence electrons. The molecule has 1 fully saturated rings.